The standard InChI is InChI=1S/C13H19NO2/c1-10-11(9-15)7-8-14(10)12-3-5-13(16-2)6-4-12/h3-6,10-11,15H,7-9H2,1-2H3. The van der Waals surface area contributed by atoms with Crippen LogP contribution in [0.25, 0.3) is 0 Å². The number of rotatable bonds is 3. The Balaban J connectivity index is 2.12. The topological polar surface area (TPSA) is 32.7 Å². The summed E-state index contributed by atoms with van der Waals surface area (Å²) in [5.41, 5.74) is 1.21. The third-order valence-corrected chi connectivity index (χ3v) is 3.55. The number of aliphatic hydroxyl groups excluding tert-OH is 1. The maximum absolute atomic E-state index is 9.24. The summed E-state index contributed by atoms with van der Waals surface area (Å²) >= 11 is 0. The second-order valence-electron chi connectivity index (χ2n) is 4.36. The first-order valence-corrected chi connectivity index (χ1v) is 5.78. The molecule has 2 unspecified atom stereocenters. The Morgan fingerprint density at radius 3 is 2.56 bits per heavy atom. The van der Waals surface area contributed by atoms with Gasteiger partial charge in [-0.2, -0.15) is 0 Å². The van der Waals surface area contributed by atoms with E-state index in [1.54, 1.807) is 7.11 Å². The van der Waals surface area contributed by atoms with Crippen LogP contribution in [0.2, 0.25) is 0 Å². The molecule has 0 aliphatic carbocycles. The van der Waals surface area contributed by atoms with E-state index in [-0.39, 0.29) is 6.61 Å². The number of hydrogen-bond donors (Lipinski definition) is 1. The van der Waals surface area contributed by atoms with Crippen molar-refractivity contribution in [3.8, 4) is 5.75 Å². The van der Waals surface area contributed by atoms with Gasteiger partial charge in [0.05, 0.1) is 7.11 Å². The molecular formula is C13H19NO2. The lowest BCUT2D eigenvalue weighted by atomic mass is 10.0. The van der Waals surface area contributed by atoms with Crippen molar-refractivity contribution in [3.05, 3.63) is 24.3 Å². The van der Waals surface area contributed by atoms with Crippen LogP contribution in [0.1, 0.15) is 13.3 Å². The maximum atomic E-state index is 9.24. The van der Waals surface area contributed by atoms with Gasteiger partial charge in [0.1, 0.15) is 5.75 Å². The molecule has 1 fully saturated rings. The number of nitrogens with zero attached hydrogens (tertiary/aromatic N) is 1. The first kappa shape index (κ1) is 11.3. The average molecular weight is 221 g/mol. The lowest BCUT2D eigenvalue weighted by molar-refractivity contribution is 0.221. The first-order chi connectivity index (χ1) is 7.76. The van der Waals surface area contributed by atoms with Crippen LogP contribution in [0.5, 0.6) is 5.75 Å². The van der Waals surface area contributed by atoms with Gasteiger partial charge >= 0.3 is 0 Å². The summed E-state index contributed by atoms with van der Waals surface area (Å²) in [7, 11) is 1.68. The van der Waals surface area contributed by atoms with Crippen LogP contribution in [0.3, 0.4) is 0 Å². The van der Waals surface area contributed by atoms with Crippen molar-refractivity contribution >= 4 is 5.69 Å². The lowest BCUT2D eigenvalue weighted by Gasteiger charge is -2.26. The van der Waals surface area contributed by atoms with Crippen LogP contribution >= 0.6 is 0 Å². The highest BCUT2D eigenvalue weighted by atomic mass is 16.5. The minimum absolute atomic E-state index is 0.286. The Hall–Kier alpha value is -1.22. The third-order valence-electron chi connectivity index (χ3n) is 3.55. The molecule has 2 rings (SSSR count). The molecule has 16 heavy (non-hydrogen) atoms. The molecule has 0 aromatic heterocycles. The molecule has 0 spiro atoms. The zero-order chi connectivity index (χ0) is 11.5. The smallest absolute Gasteiger partial charge is 0.119 e. The van der Waals surface area contributed by atoms with Crippen LogP contribution in [0.4, 0.5) is 5.69 Å². The van der Waals surface area contributed by atoms with Gasteiger partial charge in [0.25, 0.3) is 0 Å². The fourth-order valence-electron chi connectivity index (χ4n) is 2.39. The van der Waals surface area contributed by atoms with Gasteiger partial charge in [-0.25, -0.2) is 0 Å². The minimum atomic E-state index is 0.286. The Morgan fingerprint density at radius 2 is 2.06 bits per heavy atom. The summed E-state index contributed by atoms with van der Waals surface area (Å²) in [6.45, 7) is 3.49. The highest BCUT2D eigenvalue weighted by Crippen LogP contribution is 2.30. The Kier molecular flexibility index (Phi) is 3.34. The van der Waals surface area contributed by atoms with E-state index < -0.39 is 0 Å². The summed E-state index contributed by atoms with van der Waals surface area (Å²) in [6.07, 6.45) is 1.07. The molecule has 0 radical (unpaired) electrons. The Labute approximate surface area is 96.6 Å². The fourth-order valence-corrected chi connectivity index (χ4v) is 2.39. The Morgan fingerprint density at radius 1 is 1.38 bits per heavy atom. The molecule has 0 bridgehead atoms. The van der Waals surface area contributed by atoms with E-state index in [1.807, 2.05) is 12.1 Å². The number of ether oxygens (including phenoxy) is 1. The highest BCUT2D eigenvalue weighted by Gasteiger charge is 2.29. The van der Waals surface area contributed by atoms with Crippen molar-refractivity contribution in [2.24, 2.45) is 5.92 Å². The van der Waals surface area contributed by atoms with Crippen molar-refractivity contribution in [3.63, 3.8) is 0 Å². The number of hydrogen-bond acceptors (Lipinski definition) is 3. The maximum Gasteiger partial charge on any atom is 0.119 e. The molecule has 1 saturated heterocycles. The van der Waals surface area contributed by atoms with Crippen molar-refractivity contribution in [1.82, 2.24) is 0 Å². The van der Waals surface area contributed by atoms with E-state index in [0.717, 1.165) is 18.7 Å². The minimum Gasteiger partial charge on any atom is -0.497 e. The lowest BCUT2D eigenvalue weighted by Crippen LogP contribution is -2.30. The van der Waals surface area contributed by atoms with Crippen molar-refractivity contribution in [2.45, 2.75) is 19.4 Å². The fraction of sp³-hybridized carbons (Fsp3) is 0.538. The molecule has 3 nitrogen and oxygen atoms in total. The molecule has 1 heterocycles. The quantitative estimate of drug-likeness (QED) is 0.846. The zero-order valence-corrected chi connectivity index (χ0v) is 9.89. The van der Waals surface area contributed by atoms with Crippen molar-refractivity contribution < 1.29 is 9.84 Å². The van der Waals surface area contributed by atoms with Gasteiger partial charge in [-0.1, -0.05) is 0 Å². The first-order valence-electron chi connectivity index (χ1n) is 5.78. The number of benzene rings is 1. The molecule has 0 amide bonds. The molecule has 1 aromatic rings. The van der Waals surface area contributed by atoms with E-state index in [0.29, 0.717) is 12.0 Å². The summed E-state index contributed by atoms with van der Waals surface area (Å²) in [4.78, 5) is 2.35. The van der Waals surface area contributed by atoms with E-state index >= 15 is 0 Å². The molecule has 1 aliphatic rings. The van der Waals surface area contributed by atoms with Gasteiger partial charge in [0.15, 0.2) is 0 Å². The third kappa shape index (κ3) is 2.00. The summed E-state index contributed by atoms with van der Waals surface area (Å²) < 4.78 is 5.14. The highest BCUT2D eigenvalue weighted by molar-refractivity contribution is 5.50. The SMILES string of the molecule is COc1ccc(N2CCC(CO)C2C)cc1. The molecule has 3 heteroatoms. The predicted octanol–water partition coefficient (Wildman–Crippen LogP) is 1.90. The van der Waals surface area contributed by atoms with Gasteiger partial charge in [-0.05, 0) is 37.6 Å². The van der Waals surface area contributed by atoms with E-state index in [1.165, 1.54) is 5.69 Å². The van der Waals surface area contributed by atoms with Gasteiger partial charge < -0.3 is 14.7 Å². The number of aliphatic hydroxyl groups is 1. The molecule has 88 valence electrons. The van der Waals surface area contributed by atoms with Crippen LogP contribution < -0.4 is 9.64 Å². The molecule has 1 aromatic carbocycles. The van der Waals surface area contributed by atoms with Crippen LogP contribution in [-0.4, -0.2) is 31.4 Å². The van der Waals surface area contributed by atoms with Crippen molar-refractivity contribution in [1.29, 1.82) is 0 Å². The molecule has 0 saturated carbocycles. The van der Waals surface area contributed by atoms with E-state index in [9.17, 15) is 5.11 Å². The number of anilines is 1. The van der Waals surface area contributed by atoms with Gasteiger partial charge in [0.2, 0.25) is 0 Å². The second-order valence-corrected chi connectivity index (χ2v) is 4.36. The summed E-state index contributed by atoms with van der Waals surface area (Å²) in [6, 6.07) is 8.53. The van der Waals surface area contributed by atoms with E-state index in [4.69, 9.17) is 4.74 Å². The van der Waals surface area contributed by atoms with Crippen LogP contribution in [0.15, 0.2) is 24.3 Å². The molecule has 1 aliphatic heterocycles. The largest absolute Gasteiger partial charge is 0.497 e. The zero-order valence-electron chi connectivity index (χ0n) is 9.89. The molecule has 1 N–H and O–H groups in total. The molecule has 2 atom stereocenters. The van der Waals surface area contributed by atoms with Crippen LogP contribution in [-0.2, 0) is 0 Å². The van der Waals surface area contributed by atoms with Gasteiger partial charge in [0, 0.05) is 30.8 Å². The molecular weight excluding hydrogens is 202 g/mol. The van der Waals surface area contributed by atoms with E-state index in [2.05, 4.69) is 24.0 Å². The summed E-state index contributed by atoms with van der Waals surface area (Å²) in [5.74, 6) is 1.29. The van der Waals surface area contributed by atoms with Crippen LogP contribution in [0, 0.1) is 5.92 Å². The normalized spacial score (nSPS) is 24.8. The predicted molar refractivity (Wildman–Crippen MR) is 65.0 cm³/mol. The van der Waals surface area contributed by atoms with Gasteiger partial charge in [-0.15, -0.1) is 0 Å². The summed E-state index contributed by atoms with van der Waals surface area (Å²) in [5, 5.41) is 9.24. The number of methoxy groups -OCH3 is 1. The monoisotopic (exact) mass is 221 g/mol. The second kappa shape index (κ2) is 4.74. The van der Waals surface area contributed by atoms with Gasteiger partial charge in [-0.3, -0.25) is 0 Å². The van der Waals surface area contributed by atoms with Crippen molar-refractivity contribution in [2.75, 3.05) is 25.2 Å². The average Bonchev–Trinajstić information content (AvgIpc) is 2.70. The Bertz CT molecular complexity index is 336.